The van der Waals surface area contributed by atoms with Crippen molar-refractivity contribution in [3.63, 3.8) is 0 Å². The Bertz CT molecular complexity index is 3890. The summed E-state index contributed by atoms with van der Waals surface area (Å²) >= 11 is 1.86. The van der Waals surface area contributed by atoms with Crippen molar-refractivity contribution < 1.29 is 0 Å². The summed E-state index contributed by atoms with van der Waals surface area (Å²) < 4.78 is 2.57. The molecule has 14 rings (SSSR count). The van der Waals surface area contributed by atoms with Crippen molar-refractivity contribution in [2.45, 2.75) is 5.41 Å². The largest absolute Gasteiger partial charge is 0.310 e. The number of anilines is 6. The third kappa shape index (κ3) is 6.12. The fourth-order valence-electron chi connectivity index (χ4n) is 11.7. The van der Waals surface area contributed by atoms with Crippen LogP contribution in [0.4, 0.5) is 34.1 Å². The Labute approximate surface area is 412 Å². The number of hydrogen-bond acceptors (Lipinski definition) is 3. The van der Waals surface area contributed by atoms with E-state index in [1.54, 1.807) is 0 Å². The molecule has 11 aromatic carbocycles. The van der Waals surface area contributed by atoms with E-state index >= 15 is 0 Å². The van der Waals surface area contributed by atoms with Gasteiger partial charge in [-0.05, 0) is 134 Å². The molecule has 1 atom stereocenters. The first kappa shape index (κ1) is 40.3. The van der Waals surface area contributed by atoms with Crippen LogP contribution in [0.2, 0.25) is 0 Å². The van der Waals surface area contributed by atoms with E-state index < -0.39 is 5.41 Å². The molecule has 0 N–H and O–H groups in total. The maximum Gasteiger partial charge on any atom is 0.0727 e. The number of nitrogens with zero attached hydrogens (tertiary/aromatic N) is 2. The highest BCUT2D eigenvalue weighted by Gasteiger charge is 2.52. The minimum atomic E-state index is -0.650. The van der Waals surface area contributed by atoms with Gasteiger partial charge in [-0.15, -0.1) is 11.3 Å². The lowest BCUT2D eigenvalue weighted by atomic mass is 9.70. The molecule has 12 aromatic rings. The first-order chi connectivity index (χ1) is 34.7. The van der Waals surface area contributed by atoms with Crippen molar-refractivity contribution in [1.29, 1.82) is 0 Å². The molecule has 328 valence electrons. The Morgan fingerprint density at radius 3 is 1.16 bits per heavy atom. The lowest BCUT2D eigenvalue weighted by molar-refractivity contribution is 0.793. The monoisotopic (exact) mass is 908 g/mol. The van der Waals surface area contributed by atoms with E-state index in [9.17, 15) is 0 Å². The van der Waals surface area contributed by atoms with Crippen molar-refractivity contribution in [3.05, 3.63) is 289 Å². The summed E-state index contributed by atoms with van der Waals surface area (Å²) in [5.41, 5.74) is 20.9. The summed E-state index contributed by atoms with van der Waals surface area (Å²) in [5.74, 6) is 0. The Morgan fingerprint density at radius 1 is 0.257 bits per heavy atom. The number of thiophene rings is 1. The van der Waals surface area contributed by atoms with Crippen LogP contribution in [0, 0.1) is 0 Å². The molecule has 70 heavy (non-hydrogen) atoms. The van der Waals surface area contributed by atoms with Crippen LogP contribution < -0.4 is 9.80 Å². The van der Waals surface area contributed by atoms with Gasteiger partial charge in [0.15, 0.2) is 0 Å². The third-order valence-electron chi connectivity index (χ3n) is 14.6. The summed E-state index contributed by atoms with van der Waals surface area (Å²) in [5, 5.41) is 2.59. The highest BCUT2D eigenvalue weighted by molar-refractivity contribution is 7.25. The van der Waals surface area contributed by atoms with Gasteiger partial charge in [-0.25, -0.2) is 0 Å². The topological polar surface area (TPSA) is 6.48 Å². The zero-order chi connectivity index (χ0) is 46.2. The van der Waals surface area contributed by atoms with Crippen molar-refractivity contribution in [1.82, 2.24) is 0 Å². The van der Waals surface area contributed by atoms with Crippen LogP contribution >= 0.6 is 11.3 Å². The number of rotatable bonds is 8. The van der Waals surface area contributed by atoms with E-state index in [0.717, 1.165) is 34.1 Å². The quantitative estimate of drug-likeness (QED) is 0.150. The van der Waals surface area contributed by atoms with Gasteiger partial charge in [-0.1, -0.05) is 188 Å². The maximum absolute atomic E-state index is 2.56. The van der Waals surface area contributed by atoms with Gasteiger partial charge in [0.05, 0.1) is 16.8 Å². The van der Waals surface area contributed by atoms with Crippen LogP contribution in [0.5, 0.6) is 0 Å². The second-order valence-electron chi connectivity index (χ2n) is 18.4. The molecule has 0 fully saturated rings. The molecular weight excluding hydrogens is 865 g/mol. The second-order valence-corrected chi connectivity index (χ2v) is 19.4. The van der Waals surface area contributed by atoms with Gasteiger partial charge in [0, 0.05) is 54.0 Å². The Kier molecular flexibility index (Phi) is 9.33. The molecule has 1 unspecified atom stereocenters. The smallest absolute Gasteiger partial charge is 0.0727 e. The van der Waals surface area contributed by atoms with Crippen molar-refractivity contribution in [2.24, 2.45) is 0 Å². The van der Waals surface area contributed by atoms with Crippen LogP contribution in [0.3, 0.4) is 0 Å². The molecule has 1 heterocycles. The molecule has 0 bridgehead atoms. The summed E-state index contributed by atoms with van der Waals surface area (Å²) in [6.45, 7) is 0. The highest BCUT2D eigenvalue weighted by atomic mass is 32.1. The molecule has 0 radical (unpaired) electrons. The first-order valence-electron chi connectivity index (χ1n) is 24.1. The molecule has 2 nitrogen and oxygen atoms in total. The van der Waals surface area contributed by atoms with Crippen molar-refractivity contribution in [2.75, 3.05) is 9.80 Å². The average Bonchev–Trinajstić information content (AvgIpc) is 4.05. The van der Waals surface area contributed by atoms with E-state index in [-0.39, 0.29) is 0 Å². The van der Waals surface area contributed by atoms with Gasteiger partial charge < -0.3 is 9.80 Å². The fraction of sp³-hybridized carbons (Fsp3) is 0.0149. The van der Waals surface area contributed by atoms with Crippen molar-refractivity contribution >= 4 is 65.6 Å². The maximum atomic E-state index is 2.56. The van der Waals surface area contributed by atoms with Crippen LogP contribution in [0.1, 0.15) is 22.3 Å². The molecule has 0 amide bonds. The number of hydrogen-bond donors (Lipinski definition) is 0. The van der Waals surface area contributed by atoms with Gasteiger partial charge in [0.1, 0.15) is 0 Å². The van der Waals surface area contributed by atoms with E-state index in [1.165, 1.54) is 86.9 Å². The number of benzene rings is 11. The van der Waals surface area contributed by atoms with Crippen LogP contribution in [-0.2, 0) is 5.41 Å². The number of para-hydroxylation sites is 3. The molecule has 3 heteroatoms. The Balaban J connectivity index is 1.10. The van der Waals surface area contributed by atoms with Gasteiger partial charge in [0.2, 0.25) is 0 Å². The Hall–Kier alpha value is -8.76. The zero-order valence-electron chi connectivity index (χ0n) is 38.2. The normalized spacial score (nSPS) is 14.1. The Morgan fingerprint density at radius 2 is 0.657 bits per heavy atom. The predicted octanol–water partition coefficient (Wildman–Crippen LogP) is 18.7. The SMILES string of the molecule is c1ccc(-c2cc3c(cc2N(c2ccccc2)c2ccccc2)C2(c4ccccc4-3)c3ccccc3-c3cc(-c4ccccc4)c(N(c4ccccc4)c4ccc5c(c4)sc4ccccc45)cc32)cc1. The lowest BCUT2D eigenvalue weighted by Crippen LogP contribution is -2.27. The predicted molar refractivity (Wildman–Crippen MR) is 296 cm³/mol. The molecule has 2 aliphatic rings. The summed E-state index contributed by atoms with van der Waals surface area (Å²) in [6.07, 6.45) is 0. The molecule has 1 aromatic heterocycles. The molecule has 0 saturated carbocycles. The highest BCUT2D eigenvalue weighted by Crippen LogP contribution is 2.65. The minimum Gasteiger partial charge on any atom is -0.310 e. The fourth-order valence-corrected chi connectivity index (χ4v) is 12.8. The van der Waals surface area contributed by atoms with E-state index in [1.807, 2.05) is 11.3 Å². The van der Waals surface area contributed by atoms with Gasteiger partial charge >= 0.3 is 0 Å². The minimum absolute atomic E-state index is 0.650. The van der Waals surface area contributed by atoms with Gasteiger partial charge in [-0.3, -0.25) is 0 Å². The molecule has 0 aliphatic heterocycles. The van der Waals surface area contributed by atoms with Crippen molar-refractivity contribution in [3.8, 4) is 44.5 Å². The number of fused-ring (bicyclic) bond motifs is 13. The third-order valence-corrected chi connectivity index (χ3v) is 15.8. The zero-order valence-corrected chi connectivity index (χ0v) is 39.0. The van der Waals surface area contributed by atoms with Crippen LogP contribution in [0.25, 0.3) is 64.7 Å². The van der Waals surface area contributed by atoms with E-state index in [4.69, 9.17) is 0 Å². The molecule has 1 spiro atoms. The molecular formula is C67H44N2S. The van der Waals surface area contributed by atoms with E-state index in [0.29, 0.717) is 0 Å². The first-order valence-corrected chi connectivity index (χ1v) is 24.9. The summed E-state index contributed by atoms with van der Waals surface area (Å²) in [6, 6.07) is 98.8. The average molecular weight is 909 g/mol. The summed E-state index contributed by atoms with van der Waals surface area (Å²) in [7, 11) is 0. The standard InChI is InChI=1S/C67H44N2S/c1-6-22-45(23-7-1)55-41-57-51-32-16-19-35-59(51)67(61(57)43-63(55)68(47-26-10-3-11-27-47)48-28-12-4-13-29-48)60-36-20-17-33-52(60)58-42-56(46-24-8-2-9-25-46)64(44-62(58)67)69(49-30-14-5-15-31-49)50-38-39-54-53-34-18-21-37-65(53)70-66(54)40-50/h1-44H. The molecule has 2 aliphatic carbocycles. The van der Waals surface area contributed by atoms with Gasteiger partial charge in [0.25, 0.3) is 0 Å². The summed E-state index contributed by atoms with van der Waals surface area (Å²) in [4.78, 5) is 4.95. The molecule has 0 saturated heterocycles. The van der Waals surface area contributed by atoms with Gasteiger partial charge in [-0.2, -0.15) is 0 Å². The second kappa shape index (κ2) is 16.2. The van der Waals surface area contributed by atoms with E-state index in [2.05, 4.69) is 277 Å². The van der Waals surface area contributed by atoms with Crippen LogP contribution in [0.15, 0.2) is 267 Å². The van der Waals surface area contributed by atoms with Crippen LogP contribution in [-0.4, -0.2) is 0 Å². The lowest BCUT2D eigenvalue weighted by Gasteiger charge is -2.34.